The first-order valence-electron chi connectivity index (χ1n) is 11.6. The molecule has 4 rings (SSSR count). The number of piperidine rings is 1. The van der Waals surface area contributed by atoms with Crippen LogP contribution >= 0.6 is 0 Å². The van der Waals surface area contributed by atoms with Gasteiger partial charge in [-0.1, -0.05) is 36.4 Å². The Labute approximate surface area is 208 Å². The number of sulfonamides is 1. The van der Waals surface area contributed by atoms with Crippen LogP contribution in [0.25, 0.3) is 10.8 Å². The van der Waals surface area contributed by atoms with Gasteiger partial charge in [0.2, 0.25) is 21.8 Å². The molecule has 10 heteroatoms. The largest absolute Gasteiger partial charge is 0.351 e. The molecule has 1 aliphatic rings. The van der Waals surface area contributed by atoms with E-state index in [-0.39, 0.29) is 30.4 Å². The molecule has 0 spiro atoms. The Hall–Kier alpha value is -3.37. The third-order valence-corrected chi connectivity index (χ3v) is 8.17. The lowest BCUT2D eigenvalue weighted by atomic mass is 10.0. The molecule has 0 aromatic heterocycles. The van der Waals surface area contributed by atoms with Crippen molar-refractivity contribution in [2.75, 3.05) is 13.1 Å². The Morgan fingerprint density at radius 1 is 0.972 bits per heavy atom. The predicted molar refractivity (Wildman–Crippen MR) is 132 cm³/mol. The van der Waals surface area contributed by atoms with Gasteiger partial charge in [-0.3, -0.25) is 9.59 Å². The Morgan fingerprint density at radius 3 is 2.33 bits per heavy atom. The number of carbonyl (C=O) groups excluding carboxylic acids is 2. The maximum Gasteiger partial charge on any atom is 0.243 e. The zero-order chi connectivity index (χ0) is 25.9. The van der Waals surface area contributed by atoms with E-state index in [1.165, 1.54) is 17.3 Å². The van der Waals surface area contributed by atoms with Crippen LogP contribution in [0, 0.1) is 11.6 Å². The van der Waals surface area contributed by atoms with E-state index < -0.39 is 39.5 Å². The highest BCUT2D eigenvalue weighted by Gasteiger charge is 2.31. The smallest absolute Gasteiger partial charge is 0.243 e. The van der Waals surface area contributed by atoms with Gasteiger partial charge in [0.25, 0.3) is 0 Å². The summed E-state index contributed by atoms with van der Waals surface area (Å²) in [4.78, 5) is 24.8. The van der Waals surface area contributed by atoms with Gasteiger partial charge in [-0.25, -0.2) is 17.2 Å². The molecule has 2 amide bonds. The number of halogens is 2. The average molecular weight is 516 g/mol. The van der Waals surface area contributed by atoms with Gasteiger partial charge in [-0.2, -0.15) is 4.31 Å². The number of fused-ring (bicyclic) bond motifs is 1. The molecule has 1 atom stereocenters. The van der Waals surface area contributed by atoms with Gasteiger partial charge in [0.05, 0.1) is 4.90 Å². The summed E-state index contributed by atoms with van der Waals surface area (Å²) >= 11 is 0. The number of hydrogen-bond acceptors (Lipinski definition) is 4. The molecule has 0 aliphatic carbocycles. The lowest BCUT2D eigenvalue weighted by Gasteiger charge is -2.32. The van der Waals surface area contributed by atoms with Gasteiger partial charge < -0.3 is 10.6 Å². The van der Waals surface area contributed by atoms with E-state index in [1.54, 1.807) is 18.2 Å². The molecule has 7 nitrogen and oxygen atoms in total. The molecular formula is C26H27F2N3O4S. The van der Waals surface area contributed by atoms with Gasteiger partial charge >= 0.3 is 0 Å². The number of amides is 2. The summed E-state index contributed by atoms with van der Waals surface area (Å²) in [6.45, 7) is 1.73. The molecule has 1 heterocycles. The third-order valence-electron chi connectivity index (χ3n) is 6.28. The summed E-state index contributed by atoms with van der Waals surface area (Å²) in [5, 5.41) is 7.20. The van der Waals surface area contributed by atoms with E-state index in [0.29, 0.717) is 18.4 Å². The molecule has 190 valence electrons. The van der Waals surface area contributed by atoms with Crippen LogP contribution in [0.2, 0.25) is 0 Å². The minimum absolute atomic E-state index is 0.0161. The second kappa shape index (κ2) is 10.7. The van der Waals surface area contributed by atoms with Crippen LogP contribution < -0.4 is 10.6 Å². The molecule has 36 heavy (non-hydrogen) atoms. The fourth-order valence-electron chi connectivity index (χ4n) is 4.38. The van der Waals surface area contributed by atoms with Crippen LogP contribution in [0.1, 0.15) is 25.3 Å². The molecule has 1 aliphatic heterocycles. The lowest BCUT2D eigenvalue weighted by molar-refractivity contribution is -0.128. The van der Waals surface area contributed by atoms with E-state index in [4.69, 9.17) is 0 Å². The number of nitrogens with one attached hydrogen (secondary N) is 2. The lowest BCUT2D eigenvalue weighted by Crippen LogP contribution is -2.53. The van der Waals surface area contributed by atoms with Crippen molar-refractivity contribution in [1.29, 1.82) is 0 Å². The zero-order valence-corrected chi connectivity index (χ0v) is 20.5. The van der Waals surface area contributed by atoms with Crippen molar-refractivity contribution < 1.29 is 26.8 Å². The quantitative estimate of drug-likeness (QED) is 0.506. The van der Waals surface area contributed by atoms with Crippen molar-refractivity contribution in [2.45, 2.75) is 43.2 Å². The fourth-order valence-corrected chi connectivity index (χ4v) is 5.88. The highest BCUT2D eigenvalue weighted by Crippen LogP contribution is 2.24. The van der Waals surface area contributed by atoms with Crippen LogP contribution in [-0.4, -0.2) is 49.7 Å². The second-order valence-electron chi connectivity index (χ2n) is 8.90. The molecule has 0 saturated carbocycles. The molecule has 1 fully saturated rings. The Kier molecular flexibility index (Phi) is 7.65. The molecule has 3 aromatic carbocycles. The first-order valence-corrected chi connectivity index (χ1v) is 13.1. The summed E-state index contributed by atoms with van der Waals surface area (Å²) in [6.07, 6.45) is 0.783. The Bertz CT molecular complexity index is 1390. The second-order valence-corrected chi connectivity index (χ2v) is 10.8. The van der Waals surface area contributed by atoms with Crippen LogP contribution in [0.5, 0.6) is 0 Å². The zero-order valence-electron chi connectivity index (χ0n) is 19.7. The first kappa shape index (κ1) is 25.7. The van der Waals surface area contributed by atoms with Crippen molar-refractivity contribution in [2.24, 2.45) is 0 Å². The Balaban J connectivity index is 1.39. The minimum Gasteiger partial charge on any atom is -0.351 e. The van der Waals surface area contributed by atoms with Crippen LogP contribution in [0.4, 0.5) is 8.78 Å². The highest BCUT2D eigenvalue weighted by atomic mass is 32.2. The van der Waals surface area contributed by atoms with Gasteiger partial charge in [-0.05, 0) is 53.4 Å². The molecule has 3 aromatic rings. The number of nitrogens with zero attached hydrogens (tertiary/aromatic N) is 1. The van der Waals surface area contributed by atoms with Crippen molar-refractivity contribution in [1.82, 2.24) is 14.9 Å². The van der Waals surface area contributed by atoms with E-state index >= 15 is 0 Å². The van der Waals surface area contributed by atoms with Gasteiger partial charge in [-0.15, -0.1) is 0 Å². The standard InChI is InChI=1S/C26H27F2N3O4S/c1-17(32)29-25(15-18-6-9-23(27)24(28)14-18)26(33)30-21-10-12-31(13-11-21)36(34,35)22-8-7-19-4-2-3-5-20(19)16-22/h2-9,14,16,21,25H,10-13,15H2,1H3,(H,29,32)(H,30,33)/t25-/m0/s1. The average Bonchev–Trinajstić information content (AvgIpc) is 2.85. The number of hydrogen-bond donors (Lipinski definition) is 2. The predicted octanol–water partition coefficient (Wildman–Crippen LogP) is 3.13. The van der Waals surface area contributed by atoms with E-state index in [9.17, 15) is 26.8 Å². The van der Waals surface area contributed by atoms with Gasteiger partial charge in [0, 0.05) is 32.5 Å². The van der Waals surface area contributed by atoms with Crippen LogP contribution in [0.15, 0.2) is 65.6 Å². The maximum atomic E-state index is 13.6. The molecule has 0 radical (unpaired) electrons. The van der Waals surface area contributed by atoms with Crippen LogP contribution in [-0.2, 0) is 26.0 Å². The molecular weight excluding hydrogens is 488 g/mol. The summed E-state index contributed by atoms with van der Waals surface area (Å²) in [5.41, 5.74) is 0.360. The summed E-state index contributed by atoms with van der Waals surface area (Å²) < 4.78 is 54.6. The number of carbonyl (C=O) groups is 2. The van der Waals surface area contributed by atoms with E-state index in [0.717, 1.165) is 22.9 Å². The topological polar surface area (TPSA) is 95.6 Å². The molecule has 0 unspecified atom stereocenters. The van der Waals surface area contributed by atoms with Gasteiger partial charge in [0.1, 0.15) is 6.04 Å². The number of benzene rings is 3. The fraction of sp³-hybridized carbons (Fsp3) is 0.308. The van der Waals surface area contributed by atoms with E-state index in [1.807, 2.05) is 24.3 Å². The monoisotopic (exact) mass is 515 g/mol. The number of rotatable bonds is 7. The normalized spacial score (nSPS) is 16.0. The van der Waals surface area contributed by atoms with E-state index in [2.05, 4.69) is 10.6 Å². The van der Waals surface area contributed by atoms with Crippen LogP contribution in [0.3, 0.4) is 0 Å². The minimum atomic E-state index is -3.69. The van der Waals surface area contributed by atoms with Crippen molar-refractivity contribution in [3.63, 3.8) is 0 Å². The summed E-state index contributed by atoms with van der Waals surface area (Å²) in [6, 6.07) is 14.6. The first-order chi connectivity index (χ1) is 17.1. The highest BCUT2D eigenvalue weighted by molar-refractivity contribution is 7.89. The van der Waals surface area contributed by atoms with Crippen molar-refractivity contribution in [3.05, 3.63) is 77.9 Å². The third kappa shape index (κ3) is 5.88. The molecule has 0 bridgehead atoms. The maximum absolute atomic E-state index is 13.6. The van der Waals surface area contributed by atoms with Gasteiger partial charge in [0.15, 0.2) is 11.6 Å². The molecule has 2 N–H and O–H groups in total. The van der Waals surface area contributed by atoms with Crippen molar-refractivity contribution >= 4 is 32.6 Å². The summed E-state index contributed by atoms with van der Waals surface area (Å²) in [5.74, 6) is -2.93. The van der Waals surface area contributed by atoms with Crippen molar-refractivity contribution in [3.8, 4) is 0 Å². The Morgan fingerprint density at radius 2 is 1.67 bits per heavy atom. The molecule has 1 saturated heterocycles. The summed E-state index contributed by atoms with van der Waals surface area (Å²) in [7, 11) is -3.69. The SMILES string of the molecule is CC(=O)N[C@@H](Cc1ccc(F)c(F)c1)C(=O)NC1CCN(S(=O)(=O)c2ccc3ccccc3c2)CC1.